The molecule has 3 N–H and O–H groups in total. The van der Waals surface area contributed by atoms with Crippen LogP contribution in [0.1, 0.15) is 50.4 Å². The summed E-state index contributed by atoms with van der Waals surface area (Å²) in [6, 6.07) is 3.32. The molecule has 2 amide bonds. The third-order valence-corrected chi connectivity index (χ3v) is 3.91. The number of carbonyl (C=O) groups is 3. The van der Waals surface area contributed by atoms with Gasteiger partial charge in [0.1, 0.15) is 6.04 Å². The van der Waals surface area contributed by atoms with E-state index in [4.69, 9.17) is 0 Å². The van der Waals surface area contributed by atoms with E-state index < -0.39 is 29.4 Å². The summed E-state index contributed by atoms with van der Waals surface area (Å²) < 4.78 is 0. The van der Waals surface area contributed by atoms with Crippen LogP contribution in [-0.2, 0) is 14.4 Å². The fourth-order valence-electron chi connectivity index (χ4n) is 2.10. The highest BCUT2D eigenvalue weighted by Gasteiger charge is 2.29. The summed E-state index contributed by atoms with van der Waals surface area (Å²) in [5.74, 6) is -1.96. The number of carboxylic acid groups (broad SMARTS) is 1. The predicted molar refractivity (Wildman–Crippen MR) is 91.5 cm³/mol. The second kappa shape index (κ2) is 7.47. The molecule has 0 saturated carbocycles. The van der Waals surface area contributed by atoms with E-state index in [9.17, 15) is 19.5 Å². The molecular formula is C18H26N2O4. The van der Waals surface area contributed by atoms with E-state index in [-0.39, 0.29) is 5.91 Å². The van der Waals surface area contributed by atoms with Crippen LogP contribution in [0.4, 0.5) is 0 Å². The molecule has 24 heavy (non-hydrogen) atoms. The first kappa shape index (κ1) is 19.7. The number of nitrogens with one attached hydrogen (secondary N) is 2. The Kier molecular flexibility index (Phi) is 6.12. The van der Waals surface area contributed by atoms with Gasteiger partial charge in [0, 0.05) is 5.41 Å². The molecule has 1 rings (SSSR count). The molecule has 0 aromatic heterocycles. The molecule has 0 heterocycles. The third kappa shape index (κ3) is 4.81. The van der Waals surface area contributed by atoms with Crippen molar-refractivity contribution in [3.8, 4) is 0 Å². The van der Waals surface area contributed by atoms with E-state index in [1.54, 1.807) is 32.9 Å². The Balaban J connectivity index is 2.93. The average molecular weight is 334 g/mol. The van der Waals surface area contributed by atoms with Gasteiger partial charge in [0.2, 0.25) is 11.8 Å². The summed E-state index contributed by atoms with van der Waals surface area (Å²) >= 11 is 0. The monoisotopic (exact) mass is 334 g/mol. The molecule has 132 valence electrons. The minimum Gasteiger partial charge on any atom is -0.479 e. The third-order valence-electron chi connectivity index (χ3n) is 3.91. The molecule has 0 aliphatic heterocycles. The Hall–Kier alpha value is -2.37. The zero-order chi connectivity index (χ0) is 18.7. The lowest BCUT2D eigenvalue weighted by Gasteiger charge is -2.23. The lowest BCUT2D eigenvalue weighted by molar-refractivity contribution is -0.142. The van der Waals surface area contributed by atoms with Crippen molar-refractivity contribution in [2.45, 2.75) is 53.6 Å². The van der Waals surface area contributed by atoms with Gasteiger partial charge < -0.3 is 15.7 Å². The molecule has 0 spiro atoms. The summed E-state index contributed by atoms with van der Waals surface area (Å²) in [5, 5.41) is 14.6. The van der Waals surface area contributed by atoms with Crippen molar-refractivity contribution in [1.82, 2.24) is 10.6 Å². The van der Waals surface area contributed by atoms with Crippen LogP contribution in [0.5, 0.6) is 0 Å². The van der Waals surface area contributed by atoms with Gasteiger partial charge in [0.25, 0.3) is 0 Å². The number of carboxylic acids is 1. The van der Waals surface area contributed by atoms with Gasteiger partial charge in [-0.2, -0.15) is 0 Å². The molecule has 2 unspecified atom stereocenters. The number of carbonyl (C=O) groups excluding carboxylic acids is 2. The van der Waals surface area contributed by atoms with Crippen molar-refractivity contribution in [2.24, 2.45) is 5.41 Å². The Labute approximate surface area is 142 Å². The zero-order valence-corrected chi connectivity index (χ0v) is 15.1. The van der Waals surface area contributed by atoms with Crippen molar-refractivity contribution >= 4 is 17.8 Å². The van der Waals surface area contributed by atoms with Gasteiger partial charge >= 0.3 is 5.97 Å². The number of aryl methyl sites for hydroxylation is 1. The first-order valence-electron chi connectivity index (χ1n) is 7.85. The van der Waals surface area contributed by atoms with Crippen molar-refractivity contribution in [1.29, 1.82) is 0 Å². The van der Waals surface area contributed by atoms with E-state index >= 15 is 0 Å². The fraction of sp³-hybridized carbons (Fsp3) is 0.500. The molecule has 0 fully saturated rings. The Morgan fingerprint density at radius 1 is 1.08 bits per heavy atom. The van der Waals surface area contributed by atoms with E-state index in [0.29, 0.717) is 5.56 Å². The quantitative estimate of drug-likeness (QED) is 0.768. The van der Waals surface area contributed by atoms with Crippen LogP contribution in [0.25, 0.3) is 0 Å². The van der Waals surface area contributed by atoms with Crippen LogP contribution in [-0.4, -0.2) is 28.9 Å². The maximum absolute atomic E-state index is 12.3. The second-order valence-electron chi connectivity index (χ2n) is 7.01. The van der Waals surface area contributed by atoms with Crippen molar-refractivity contribution in [3.63, 3.8) is 0 Å². The summed E-state index contributed by atoms with van der Waals surface area (Å²) in [6.45, 7) is 10.4. The number of aliphatic carboxylic acids is 1. The topological polar surface area (TPSA) is 95.5 Å². The van der Waals surface area contributed by atoms with Crippen LogP contribution in [0.2, 0.25) is 0 Å². The number of hydrogen-bond acceptors (Lipinski definition) is 3. The smallest absolute Gasteiger partial charge is 0.330 e. The largest absolute Gasteiger partial charge is 0.479 e. The lowest BCUT2D eigenvalue weighted by atomic mass is 9.95. The Morgan fingerprint density at radius 2 is 1.67 bits per heavy atom. The fourth-order valence-corrected chi connectivity index (χ4v) is 2.10. The summed E-state index contributed by atoms with van der Waals surface area (Å²) in [6.07, 6.45) is 0. The first-order valence-corrected chi connectivity index (χ1v) is 7.85. The van der Waals surface area contributed by atoms with Crippen LogP contribution >= 0.6 is 0 Å². The number of rotatable bonds is 5. The van der Waals surface area contributed by atoms with E-state index in [2.05, 4.69) is 10.6 Å². The molecular weight excluding hydrogens is 308 g/mol. The van der Waals surface area contributed by atoms with Gasteiger partial charge in [-0.15, -0.1) is 0 Å². The van der Waals surface area contributed by atoms with E-state index in [1.807, 2.05) is 19.9 Å². The number of amides is 2. The highest BCUT2D eigenvalue weighted by molar-refractivity contribution is 5.91. The van der Waals surface area contributed by atoms with Gasteiger partial charge in [-0.05, 0) is 37.5 Å². The summed E-state index contributed by atoms with van der Waals surface area (Å²) in [5.41, 5.74) is 1.66. The molecule has 0 saturated heterocycles. The molecule has 2 atom stereocenters. The molecule has 0 bridgehead atoms. The van der Waals surface area contributed by atoms with Gasteiger partial charge in [-0.3, -0.25) is 9.59 Å². The van der Waals surface area contributed by atoms with Crippen LogP contribution in [0, 0.1) is 19.3 Å². The highest BCUT2D eigenvalue weighted by atomic mass is 16.4. The summed E-state index contributed by atoms with van der Waals surface area (Å²) in [4.78, 5) is 35.9. The molecule has 6 nitrogen and oxygen atoms in total. The number of benzene rings is 1. The van der Waals surface area contributed by atoms with Crippen molar-refractivity contribution in [3.05, 3.63) is 34.9 Å². The Morgan fingerprint density at radius 3 is 2.17 bits per heavy atom. The summed E-state index contributed by atoms with van der Waals surface area (Å²) in [7, 11) is 0. The molecule has 6 heteroatoms. The zero-order valence-electron chi connectivity index (χ0n) is 15.1. The Bertz CT molecular complexity index is 647. The molecule has 0 radical (unpaired) electrons. The molecule has 1 aromatic rings. The molecule has 0 aliphatic rings. The predicted octanol–water partition coefficient (Wildman–Crippen LogP) is 2.10. The number of hydrogen-bond donors (Lipinski definition) is 3. The van der Waals surface area contributed by atoms with Crippen molar-refractivity contribution in [2.75, 3.05) is 0 Å². The maximum Gasteiger partial charge on any atom is 0.330 e. The highest BCUT2D eigenvalue weighted by Crippen LogP contribution is 2.21. The van der Waals surface area contributed by atoms with Crippen molar-refractivity contribution < 1.29 is 19.5 Å². The molecule has 1 aromatic carbocycles. The minimum atomic E-state index is -1.16. The normalized spacial score (nSPS) is 13.8. The van der Waals surface area contributed by atoms with Crippen LogP contribution < -0.4 is 10.6 Å². The molecule has 0 aliphatic carbocycles. The van der Waals surface area contributed by atoms with Gasteiger partial charge in [-0.1, -0.05) is 39.0 Å². The second-order valence-corrected chi connectivity index (χ2v) is 7.01. The minimum absolute atomic E-state index is 0.274. The standard InChI is InChI=1S/C18H26N2O4/c1-10-8-7-9-13(11(10)2)14(16(22)23)20-15(21)12(3)19-17(24)18(4,5)6/h7-9,12,14H,1-6H3,(H,19,24)(H,20,21)(H,22,23). The first-order chi connectivity index (χ1) is 10.9. The van der Waals surface area contributed by atoms with Crippen LogP contribution in [0.3, 0.4) is 0 Å². The van der Waals surface area contributed by atoms with Gasteiger partial charge in [-0.25, -0.2) is 4.79 Å². The van der Waals surface area contributed by atoms with E-state index in [0.717, 1.165) is 11.1 Å². The van der Waals surface area contributed by atoms with Gasteiger partial charge in [0.05, 0.1) is 0 Å². The average Bonchev–Trinajstić information content (AvgIpc) is 2.46. The SMILES string of the molecule is Cc1cccc(C(NC(=O)C(C)NC(=O)C(C)(C)C)C(=O)O)c1C. The van der Waals surface area contributed by atoms with E-state index in [1.165, 1.54) is 6.92 Å². The maximum atomic E-state index is 12.3. The lowest BCUT2D eigenvalue weighted by Crippen LogP contribution is -2.49. The van der Waals surface area contributed by atoms with Crippen LogP contribution in [0.15, 0.2) is 18.2 Å². The van der Waals surface area contributed by atoms with Gasteiger partial charge in [0.15, 0.2) is 6.04 Å².